The van der Waals surface area contributed by atoms with Crippen molar-refractivity contribution < 1.29 is 19.1 Å². The number of hydrogen-bond donors (Lipinski definition) is 3. The summed E-state index contributed by atoms with van der Waals surface area (Å²) >= 11 is 0. The third kappa shape index (κ3) is 3.96. The minimum Gasteiger partial charge on any atom is -0.481 e. The Bertz CT molecular complexity index is 506. The molecule has 21 heavy (non-hydrogen) atoms. The molecule has 0 radical (unpaired) electrons. The van der Waals surface area contributed by atoms with Gasteiger partial charge in [-0.25, -0.2) is 9.78 Å². The molecule has 7 heteroatoms. The van der Waals surface area contributed by atoms with Crippen LogP contribution in [0.4, 0.5) is 4.79 Å². The Balaban J connectivity index is 1.80. The van der Waals surface area contributed by atoms with Crippen molar-refractivity contribution in [3.05, 3.63) is 17.8 Å². The summed E-state index contributed by atoms with van der Waals surface area (Å²) in [4.78, 5) is 27.2. The second-order valence-electron chi connectivity index (χ2n) is 5.55. The molecular weight excluding hydrogens is 274 g/mol. The van der Waals surface area contributed by atoms with Crippen molar-refractivity contribution in [2.75, 3.05) is 6.54 Å². The first kappa shape index (κ1) is 15.3. The number of oxazole rings is 1. The zero-order valence-corrected chi connectivity index (χ0v) is 12.1. The summed E-state index contributed by atoms with van der Waals surface area (Å²) in [6, 6.07) is -0.406. The fourth-order valence-corrected chi connectivity index (χ4v) is 2.65. The molecule has 0 atom stereocenters. The molecule has 2 amide bonds. The lowest BCUT2D eigenvalue weighted by atomic mass is 9.74. The third-order valence-electron chi connectivity index (χ3n) is 3.92. The molecule has 1 heterocycles. The molecule has 1 saturated carbocycles. The van der Waals surface area contributed by atoms with E-state index in [0.29, 0.717) is 24.5 Å². The van der Waals surface area contributed by atoms with E-state index >= 15 is 0 Å². The van der Waals surface area contributed by atoms with Crippen LogP contribution in [0.3, 0.4) is 0 Å². The van der Waals surface area contributed by atoms with Crippen LogP contribution >= 0.6 is 0 Å². The molecule has 0 aromatic carbocycles. The number of aliphatic carboxylic acids is 1. The van der Waals surface area contributed by atoms with Crippen molar-refractivity contribution in [1.29, 1.82) is 0 Å². The third-order valence-corrected chi connectivity index (χ3v) is 3.92. The highest BCUT2D eigenvalue weighted by atomic mass is 16.4. The van der Waals surface area contributed by atoms with Crippen LogP contribution in [-0.4, -0.2) is 28.6 Å². The van der Waals surface area contributed by atoms with Crippen LogP contribution in [0.1, 0.15) is 43.8 Å². The molecule has 3 N–H and O–H groups in total. The van der Waals surface area contributed by atoms with E-state index in [-0.39, 0.29) is 13.1 Å². The topological polar surface area (TPSA) is 104 Å². The zero-order chi connectivity index (χ0) is 15.3. The Kier molecular flexibility index (Phi) is 4.82. The molecular formula is C14H21N3O4. The van der Waals surface area contributed by atoms with E-state index < -0.39 is 17.4 Å². The predicted molar refractivity (Wildman–Crippen MR) is 74.6 cm³/mol. The van der Waals surface area contributed by atoms with E-state index in [1.165, 1.54) is 0 Å². The van der Waals surface area contributed by atoms with Gasteiger partial charge in [-0.2, -0.15) is 0 Å². The minimum absolute atomic E-state index is 0.152. The molecule has 1 aliphatic carbocycles. The largest absolute Gasteiger partial charge is 0.481 e. The first-order valence-electron chi connectivity index (χ1n) is 7.18. The zero-order valence-electron chi connectivity index (χ0n) is 12.1. The lowest BCUT2D eigenvalue weighted by Gasteiger charge is -2.33. The molecule has 1 aromatic rings. The highest BCUT2D eigenvalue weighted by Gasteiger charge is 2.39. The second-order valence-corrected chi connectivity index (χ2v) is 5.55. The number of carboxylic acid groups (broad SMARTS) is 1. The van der Waals surface area contributed by atoms with E-state index in [9.17, 15) is 14.7 Å². The number of amides is 2. The molecule has 1 fully saturated rings. The summed E-state index contributed by atoms with van der Waals surface area (Å²) < 4.78 is 5.24. The van der Waals surface area contributed by atoms with Gasteiger partial charge in [0, 0.05) is 6.54 Å². The monoisotopic (exact) mass is 295 g/mol. The maximum Gasteiger partial charge on any atom is 0.315 e. The number of carboxylic acids is 1. The van der Waals surface area contributed by atoms with Crippen LogP contribution < -0.4 is 10.6 Å². The fraction of sp³-hybridized carbons (Fsp3) is 0.643. The van der Waals surface area contributed by atoms with Gasteiger partial charge in [0.15, 0.2) is 0 Å². The standard InChI is InChI=1S/C14H21N3O4/c1-10-7-15-11(21-10)8-16-13(20)17-9-14(12(18)19)5-3-2-4-6-14/h7H,2-6,8-9H2,1H3,(H,18,19)(H2,16,17,20). The van der Waals surface area contributed by atoms with Crippen LogP contribution in [0.2, 0.25) is 0 Å². The van der Waals surface area contributed by atoms with Gasteiger partial charge in [0.2, 0.25) is 5.89 Å². The van der Waals surface area contributed by atoms with Crippen molar-refractivity contribution in [2.24, 2.45) is 5.41 Å². The number of carbonyl (C=O) groups excluding carboxylic acids is 1. The molecule has 2 rings (SSSR count). The number of nitrogens with zero attached hydrogens (tertiary/aromatic N) is 1. The summed E-state index contributed by atoms with van der Waals surface area (Å²) in [6.45, 7) is 2.11. The highest BCUT2D eigenvalue weighted by molar-refractivity contribution is 5.78. The molecule has 0 saturated heterocycles. The molecule has 0 aliphatic heterocycles. The lowest BCUT2D eigenvalue weighted by molar-refractivity contribution is -0.150. The maximum atomic E-state index is 11.7. The van der Waals surface area contributed by atoms with E-state index in [1.54, 1.807) is 13.1 Å². The molecule has 7 nitrogen and oxygen atoms in total. The van der Waals surface area contributed by atoms with Gasteiger partial charge in [-0.1, -0.05) is 19.3 Å². The number of aromatic nitrogens is 1. The van der Waals surface area contributed by atoms with Crippen molar-refractivity contribution in [1.82, 2.24) is 15.6 Å². The summed E-state index contributed by atoms with van der Waals surface area (Å²) in [5.41, 5.74) is -0.824. The molecule has 116 valence electrons. The van der Waals surface area contributed by atoms with Crippen molar-refractivity contribution in [3.8, 4) is 0 Å². The number of urea groups is 1. The molecule has 0 unspecified atom stereocenters. The van der Waals surface area contributed by atoms with Gasteiger partial charge in [0.1, 0.15) is 5.76 Å². The van der Waals surface area contributed by atoms with Gasteiger partial charge in [-0.05, 0) is 19.8 Å². The average Bonchev–Trinajstić information content (AvgIpc) is 2.89. The quantitative estimate of drug-likeness (QED) is 0.768. The number of hydrogen-bond acceptors (Lipinski definition) is 4. The maximum absolute atomic E-state index is 11.7. The number of aryl methyl sites for hydroxylation is 1. The summed E-state index contributed by atoms with van der Waals surface area (Å²) in [6.07, 6.45) is 5.65. The Morgan fingerprint density at radius 1 is 1.33 bits per heavy atom. The normalized spacial score (nSPS) is 17.2. The van der Waals surface area contributed by atoms with Crippen LogP contribution in [-0.2, 0) is 11.3 Å². The van der Waals surface area contributed by atoms with E-state index in [0.717, 1.165) is 19.3 Å². The highest BCUT2D eigenvalue weighted by Crippen LogP contribution is 2.35. The SMILES string of the molecule is Cc1cnc(CNC(=O)NCC2(C(=O)O)CCCCC2)o1. The van der Waals surface area contributed by atoms with Gasteiger partial charge in [0.25, 0.3) is 0 Å². The minimum atomic E-state index is -0.828. The van der Waals surface area contributed by atoms with Gasteiger partial charge < -0.3 is 20.2 Å². The van der Waals surface area contributed by atoms with E-state index in [1.807, 2.05) is 0 Å². The van der Waals surface area contributed by atoms with Gasteiger partial charge >= 0.3 is 12.0 Å². The average molecular weight is 295 g/mol. The smallest absolute Gasteiger partial charge is 0.315 e. The van der Waals surface area contributed by atoms with Crippen LogP contribution in [0, 0.1) is 12.3 Å². The van der Waals surface area contributed by atoms with Crippen LogP contribution in [0.25, 0.3) is 0 Å². The van der Waals surface area contributed by atoms with Gasteiger partial charge in [0.05, 0.1) is 18.2 Å². The number of carbonyl (C=O) groups is 2. The summed E-state index contributed by atoms with van der Waals surface area (Å²) in [5, 5.41) is 14.7. The lowest BCUT2D eigenvalue weighted by Crippen LogP contribution is -2.47. The second kappa shape index (κ2) is 6.60. The van der Waals surface area contributed by atoms with Crippen molar-refractivity contribution in [2.45, 2.75) is 45.6 Å². The van der Waals surface area contributed by atoms with Gasteiger partial charge in [-0.15, -0.1) is 0 Å². The van der Waals surface area contributed by atoms with Gasteiger partial charge in [-0.3, -0.25) is 4.79 Å². The predicted octanol–water partition coefficient (Wildman–Crippen LogP) is 1.82. The van der Waals surface area contributed by atoms with Crippen molar-refractivity contribution in [3.63, 3.8) is 0 Å². The van der Waals surface area contributed by atoms with E-state index in [4.69, 9.17) is 4.42 Å². The van der Waals surface area contributed by atoms with Crippen molar-refractivity contribution >= 4 is 12.0 Å². The Morgan fingerprint density at radius 2 is 2.05 bits per heavy atom. The van der Waals surface area contributed by atoms with E-state index in [2.05, 4.69) is 15.6 Å². The number of rotatable bonds is 5. The fourth-order valence-electron chi connectivity index (χ4n) is 2.65. The molecule has 1 aliphatic rings. The Hall–Kier alpha value is -2.05. The summed E-state index contributed by atoms with van der Waals surface area (Å²) in [5.74, 6) is 0.276. The summed E-state index contributed by atoms with van der Waals surface area (Å²) in [7, 11) is 0. The first-order chi connectivity index (χ1) is 10.0. The Labute approximate surface area is 123 Å². The molecule has 1 aromatic heterocycles. The number of nitrogens with one attached hydrogen (secondary N) is 2. The van der Waals surface area contributed by atoms with Crippen LogP contribution in [0.15, 0.2) is 10.6 Å². The van der Waals surface area contributed by atoms with Crippen LogP contribution in [0.5, 0.6) is 0 Å². The molecule has 0 spiro atoms. The Morgan fingerprint density at radius 3 is 2.62 bits per heavy atom. The first-order valence-corrected chi connectivity index (χ1v) is 7.18. The molecule has 0 bridgehead atoms.